The number of carbonyl (C=O) groups is 2. The van der Waals surface area contributed by atoms with E-state index in [1.165, 1.54) is 6.20 Å². The van der Waals surface area contributed by atoms with Gasteiger partial charge in [-0.05, 0) is 25.2 Å². The molecule has 1 fully saturated rings. The molecule has 3 rings (SSSR count). The van der Waals surface area contributed by atoms with Crippen molar-refractivity contribution in [2.45, 2.75) is 26.2 Å². The van der Waals surface area contributed by atoms with E-state index in [0.29, 0.717) is 24.2 Å². The smallest absolute Gasteiger partial charge is 0.254 e. The van der Waals surface area contributed by atoms with Gasteiger partial charge in [0, 0.05) is 46.0 Å². The average molecular weight is 386 g/mol. The zero-order valence-corrected chi connectivity index (χ0v) is 16.2. The molecule has 0 bridgehead atoms. The fourth-order valence-corrected chi connectivity index (χ4v) is 3.30. The maximum atomic E-state index is 11.7. The van der Waals surface area contributed by atoms with E-state index in [2.05, 4.69) is 25.7 Å². The molecule has 10 nitrogen and oxygen atoms in total. The summed E-state index contributed by atoms with van der Waals surface area (Å²) in [6.07, 6.45) is 7.78. The Bertz CT molecular complexity index is 842. The molecule has 3 heterocycles. The van der Waals surface area contributed by atoms with Crippen LogP contribution in [0.1, 0.15) is 36.5 Å². The molecule has 1 saturated heterocycles. The van der Waals surface area contributed by atoms with Gasteiger partial charge >= 0.3 is 0 Å². The highest BCUT2D eigenvalue weighted by Gasteiger charge is 2.20. The van der Waals surface area contributed by atoms with Crippen molar-refractivity contribution >= 4 is 29.3 Å². The molecule has 28 heavy (non-hydrogen) atoms. The standard InChI is InChI=1S/C18H26N8O2/c1-12(27)26-7-4-13(5-8-26)3-6-20-17-15(16(19)28)10-21-18(24-17)23-14-9-22-25(2)11-14/h9-11,13H,3-8H2,1-2H3,(H2,19,28)(H2,20,21,23,24). The van der Waals surface area contributed by atoms with Gasteiger partial charge in [0.1, 0.15) is 5.82 Å². The van der Waals surface area contributed by atoms with E-state index in [9.17, 15) is 9.59 Å². The van der Waals surface area contributed by atoms with Crippen molar-refractivity contribution in [1.82, 2.24) is 24.6 Å². The highest BCUT2D eigenvalue weighted by molar-refractivity contribution is 5.97. The van der Waals surface area contributed by atoms with Gasteiger partial charge in [0.05, 0.1) is 17.4 Å². The fraction of sp³-hybridized carbons (Fsp3) is 0.500. The van der Waals surface area contributed by atoms with Gasteiger partial charge in [-0.1, -0.05) is 0 Å². The van der Waals surface area contributed by atoms with Crippen molar-refractivity contribution in [2.75, 3.05) is 30.3 Å². The molecule has 1 aliphatic rings. The maximum absolute atomic E-state index is 11.7. The molecule has 150 valence electrons. The Balaban J connectivity index is 1.59. The first-order chi connectivity index (χ1) is 13.4. The lowest BCUT2D eigenvalue weighted by molar-refractivity contribution is -0.130. The first-order valence-corrected chi connectivity index (χ1v) is 9.34. The topological polar surface area (TPSA) is 131 Å². The largest absolute Gasteiger partial charge is 0.369 e. The fourth-order valence-electron chi connectivity index (χ4n) is 3.30. The molecule has 0 spiro atoms. The minimum Gasteiger partial charge on any atom is -0.369 e. The predicted molar refractivity (Wildman–Crippen MR) is 105 cm³/mol. The Kier molecular flexibility index (Phi) is 6.07. The summed E-state index contributed by atoms with van der Waals surface area (Å²) in [7, 11) is 1.82. The van der Waals surface area contributed by atoms with Crippen LogP contribution < -0.4 is 16.4 Å². The van der Waals surface area contributed by atoms with Crippen LogP contribution in [0, 0.1) is 5.92 Å². The van der Waals surface area contributed by atoms with Crippen LogP contribution in [0.4, 0.5) is 17.5 Å². The number of amides is 2. The second-order valence-electron chi connectivity index (χ2n) is 7.01. The van der Waals surface area contributed by atoms with E-state index in [0.717, 1.165) is 38.0 Å². The highest BCUT2D eigenvalue weighted by Crippen LogP contribution is 2.22. The lowest BCUT2D eigenvalue weighted by Gasteiger charge is -2.31. The van der Waals surface area contributed by atoms with Gasteiger partial charge in [-0.2, -0.15) is 10.1 Å². The van der Waals surface area contributed by atoms with Crippen LogP contribution in [-0.4, -0.2) is 56.1 Å². The molecule has 0 saturated carbocycles. The van der Waals surface area contributed by atoms with Crippen LogP contribution in [0.3, 0.4) is 0 Å². The number of primary amides is 1. The average Bonchev–Trinajstić information content (AvgIpc) is 3.07. The number of aromatic nitrogens is 4. The molecular formula is C18H26N8O2. The zero-order valence-electron chi connectivity index (χ0n) is 16.2. The van der Waals surface area contributed by atoms with E-state index in [1.54, 1.807) is 24.0 Å². The summed E-state index contributed by atoms with van der Waals surface area (Å²) < 4.78 is 1.66. The van der Waals surface area contributed by atoms with Crippen molar-refractivity contribution in [3.8, 4) is 0 Å². The molecule has 2 aromatic heterocycles. The maximum Gasteiger partial charge on any atom is 0.254 e. The first-order valence-electron chi connectivity index (χ1n) is 9.34. The molecule has 0 radical (unpaired) electrons. The van der Waals surface area contributed by atoms with Crippen molar-refractivity contribution in [3.05, 3.63) is 24.2 Å². The highest BCUT2D eigenvalue weighted by atomic mass is 16.2. The van der Waals surface area contributed by atoms with E-state index < -0.39 is 5.91 Å². The van der Waals surface area contributed by atoms with Crippen LogP contribution in [0.2, 0.25) is 0 Å². The summed E-state index contributed by atoms with van der Waals surface area (Å²) in [5, 5.41) is 10.3. The number of aryl methyl sites for hydroxylation is 1. The molecule has 2 amide bonds. The Morgan fingerprint density at radius 1 is 1.29 bits per heavy atom. The lowest BCUT2D eigenvalue weighted by Crippen LogP contribution is -2.37. The van der Waals surface area contributed by atoms with Crippen LogP contribution in [-0.2, 0) is 11.8 Å². The third kappa shape index (κ3) is 4.96. The quantitative estimate of drug-likeness (QED) is 0.649. The number of anilines is 3. The number of hydrogen-bond donors (Lipinski definition) is 3. The Hall–Kier alpha value is -3.17. The molecule has 0 aliphatic carbocycles. The number of nitrogens with two attached hydrogens (primary N) is 1. The Labute approximate surface area is 163 Å². The molecule has 1 aliphatic heterocycles. The van der Waals surface area contributed by atoms with E-state index >= 15 is 0 Å². The van der Waals surface area contributed by atoms with Gasteiger partial charge in [-0.3, -0.25) is 14.3 Å². The molecule has 0 unspecified atom stereocenters. The van der Waals surface area contributed by atoms with Gasteiger partial charge in [0.2, 0.25) is 11.9 Å². The van der Waals surface area contributed by atoms with Gasteiger partial charge in [0.15, 0.2) is 0 Å². The monoisotopic (exact) mass is 386 g/mol. The van der Waals surface area contributed by atoms with Crippen molar-refractivity contribution in [2.24, 2.45) is 18.7 Å². The first kappa shape index (κ1) is 19.6. The van der Waals surface area contributed by atoms with Gasteiger partial charge < -0.3 is 21.3 Å². The van der Waals surface area contributed by atoms with E-state index in [-0.39, 0.29) is 11.5 Å². The van der Waals surface area contributed by atoms with Gasteiger partial charge in [0.25, 0.3) is 5.91 Å². The normalized spacial score (nSPS) is 14.7. The number of rotatable bonds is 7. The lowest BCUT2D eigenvalue weighted by atomic mass is 9.93. The number of nitrogens with zero attached hydrogens (tertiary/aromatic N) is 5. The number of piperidine rings is 1. The summed E-state index contributed by atoms with van der Waals surface area (Å²) in [5.41, 5.74) is 6.45. The minimum atomic E-state index is -0.579. The molecule has 10 heteroatoms. The third-order valence-electron chi connectivity index (χ3n) is 4.92. The zero-order chi connectivity index (χ0) is 20.1. The molecule has 4 N–H and O–H groups in total. The second-order valence-corrected chi connectivity index (χ2v) is 7.01. The summed E-state index contributed by atoms with van der Waals surface area (Å²) in [6.45, 7) is 3.88. The van der Waals surface area contributed by atoms with Gasteiger partial charge in [-0.25, -0.2) is 4.98 Å². The summed E-state index contributed by atoms with van der Waals surface area (Å²) in [6, 6.07) is 0. The van der Waals surface area contributed by atoms with E-state index in [1.807, 2.05) is 11.9 Å². The number of hydrogen-bond acceptors (Lipinski definition) is 7. The van der Waals surface area contributed by atoms with Crippen molar-refractivity contribution < 1.29 is 9.59 Å². The summed E-state index contributed by atoms with van der Waals surface area (Å²) in [4.78, 5) is 33.5. The number of likely N-dealkylation sites (tertiary alicyclic amines) is 1. The van der Waals surface area contributed by atoms with Crippen LogP contribution in [0.25, 0.3) is 0 Å². The van der Waals surface area contributed by atoms with Crippen molar-refractivity contribution in [3.63, 3.8) is 0 Å². The number of nitrogens with one attached hydrogen (secondary N) is 2. The molecular weight excluding hydrogens is 360 g/mol. The Morgan fingerprint density at radius 3 is 2.64 bits per heavy atom. The van der Waals surface area contributed by atoms with Gasteiger partial charge in [-0.15, -0.1) is 0 Å². The third-order valence-corrected chi connectivity index (χ3v) is 4.92. The molecule has 0 aromatic carbocycles. The van der Waals surface area contributed by atoms with Crippen molar-refractivity contribution in [1.29, 1.82) is 0 Å². The van der Waals surface area contributed by atoms with Crippen LogP contribution >= 0.6 is 0 Å². The minimum absolute atomic E-state index is 0.136. The Morgan fingerprint density at radius 2 is 2.04 bits per heavy atom. The SMILES string of the molecule is CC(=O)N1CCC(CCNc2nc(Nc3cnn(C)c3)ncc2C(N)=O)CC1. The number of carbonyl (C=O) groups excluding carboxylic acids is 2. The summed E-state index contributed by atoms with van der Waals surface area (Å²) >= 11 is 0. The van der Waals surface area contributed by atoms with E-state index in [4.69, 9.17) is 5.73 Å². The van der Waals surface area contributed by atoms with Crippen LogP contribution in [0.5, 0.6) is 0 Å². The predicted octanol–water partition coefficient (Wildman–Crippen LogP) is 1.11. The van der Waals surface area contributed by atoms with Crippen LogP contribution in [0.15, 0.2) is 18.6 Å². The second kappa shape index (κ2) is 8.68. The molecule has 0 atom stereocenters. The molecule has 2 aromatic rings. The summed E-state index contributed by atoms with van der Waals surface area (Å²) in [5.74, 6) is 0.864.